The lowest BCUT2D eigenvalue weighted by molar-refractivity contribution is 0.175. The van der Waals surface area contributed by atoms with E-state index in [9.17, 15) is 0 Å². The van der Waals surface area contributed by atoms with Crippen molar-refractivity contribution in [2.24, 2.45) is 4.99 Å². The van der Waals surface area contributed by atoms with Crippen LogP contribution in [-0.4, -0.2) is 30.6 Å². The van der Waals surface area contributed by atoms with Crippen molar-refractivity contribution in [2.75, 3.05) is 19.6 Å². The fraction of sp³-hybridized carbons (Fsp3) is 0.500. The summed E-state index contributed by atoms with van der Waals surface area (Å²) in [7, 11) is 0. The average molecular weight is 230 g/mol. The first-order valence-corrected chi connectivity index (χ1v) is 6.44. The van der Waals surface area contributed by atoms with Crippen molar-refractivity contribution in [2.45, 2.75) is 25.4 Å². The van der Waals surface area contributed by atoms with E-state index >= 15 is 0 Å². The zero-order chi connectivity index (χ0) is 11.5. The van der Waals surface area contributed by atoms with Crippen LogP contribution in [0.15, 0.2) is 35.3 Å². The highest BCUT2D eigenvalue weighted by Crippen LogP contribution is 2.24. The summed E-state index contributed by atoms with van der Waals surface area (Å²) >= 11 is 0. The van der Waals surface area contributed by atoms with E-state index in [1.807, 2.05) is 6.07 Å². The van der Waals surface area contributed by atoms with Gasteiger partial charge in [0.1, 0.15) is 6.10 Å². The Hall–Kier alpha value is -1.51. The monoisotopic (exact) mass is 230 g/mol. The summed E-state index contributed by atoms with van der Waals surface area (Å²) in [5.74, 6) is 0. The number of rotatable bonds is 1. The minimum atomic E-state index is 0.119. The normalized spacial score (nSPS) is 24.4. The highest BCUT2D eigenvalue weighted by molar-refractivity contribution is 5.75. The van der Waals surface area contributed by atoms with E-state index in [1.165, 1.54) is 24.8 Å². The van der Waals surface area contributed by atoms with Crippen molar-refractivity contribution in [1.29, 1.82) is 0 Å². The predicted molar refractivity (Wildman–Crippen MR) is 68.0 cm³/mol. The molecule has 3 nitrogen and oxygen atoms in total. The third-order valence-electron chi connectivity index (χ3n) is 3.44. The molecule has 0 N–H and O–H groups in total. The van der Waals surface area contributed by atoms with Crippen molar-refractivity contribution >= 4 is 6.02 Å². The van der Waals surface area contributed by atoms with Gasteiger partial charge in [0.15, 0.2) is 0 Å². The first-order chi connectivity index (χ1) is 8.43. The maximum atomic E-state index is 5.96. The van der Waals surface area contributed by atoms with Gasteiger partial charge in [-0.3, -0.25) is 0 Å². The molecular formula is C14H18N2O. The summed E-state index contributed by atoms with van der Waals surface area (Å²) in [5, 5.41) is 0. The molecule has 0 amide bonds. The number of hydrogen-bond acceptors (Lipinski definition) is 3. The molecule has 1 fully saturated rings. The molecule has 17 heavy (non-hydrogen) atoms. The molecule has 1 unspecified atom stereocenters. The highest BCUT2D eigenvalue weighted by Gasteiger charge is 2.26. The molecule has 0 aromatic heterocycles. The molecule has 2 aliphatic rings. The first-order valence-electron chi connectivity index (χ1n) is 6.44. The Labute approximate surface area is 102 Å². The molecule has 0 bridgehead atoms. The van der Waals surface area contributed by atoms with Crippen molar-refractivity contribution in [1.82, 2.24) is 4.90 Å². The number of ether oxygens (including phenoxy) is 1. The summed E-state index contributed by atoms with van der Waals surface area (Å²) in [5.41, 5.74) is 1.23. The van der Waals surface area contributed by atoms with Crippen molar-refractivity contribution in [3.8, 4) is 0 Å². The lowest BCUT2D eigenvalue weighted by Crippen LogP contribution is -2.36. The van der Waals surface area contributed by atoms with Crippen LogP contribution >= 0.6 is 0 Å². The van der Waals surface area contributed by atoms with E-state index in [1.54, 1.807) is 0 Å². The van der Waals surface area contributed by atoms with Gasteiger partial charge < -0.3 is 9.64 Å². The van der Waals surface area contributed by atoms with E-state index < -0.39 is 0 Å². The van der Waals surface area contributed by atoms with E-state index in [-0.39, 0.29) is 6.10 Å². The van der Waals surface area contributed by atoms with Gasteiger partial charge in [0.2, 0.25) is 0 Å². The maximum Gasteiger partial charge on any atom is 0.288 e. The lowest BCUT2D eigenvalue weighted by Gasteiger charge is -2.27. The molecule has 2 aliphatic heterocycles. The second-order valence-electron chi connectivity index (χ2n) is 4.69. The van der Waals surface area contributed by atoms with E-state index in [4.69, 9.17) is 4.74 Å². The maximum absolute atomic E-state index is 5.96. The van der Waals surface area contributed by atoms with E-state index in [2.05, 4.69) is 34.2 Å². The Morgan fingerprint density at radius 2 is 1.82 bits per heavy atom. The van der Waals surface area contributed by atoms with Gasteiger partial charge in [-0.15, -0.1) is 0 Å². The molecule has 1 aromatic carbocycles. The predicted octanol–water partition coefficient (Wildman–Crippen LogP) is 2.60. The molecular weight excluding hydrogens is 212 g/mol. The Balaban J connectivity index is 1.64. The number of likely N-dealkylation sites (tertiary alicyclic amines) is 1. The van der Waals surface area contributed by atoms with Crippen LogP contribution in [0, 0.1) is 0 Å². The van der Waals surface area contributed by atoms with Gasteiger partial charge in [0.25, 0.3) is 6.02 Å². The standard InChI is InChI=1S/C14H18N2O/c1-3-7-12(8-4-1)13-11-15-14(17-13)16-9-5-2-6-10-16/h1,3-4,7-8,13H,2,5-6,9-11H2. The van der Waals surface area contributed by atoms with Gasteiger partial charge in [0, 0.05) is 13.1 Å². The molecule has 0 saturated carbocycles. The second-order valence-corrected chi connectivity index (χ2v) is 4.69. The van der Waals surface area contributed by atoms with Gasteiger partial charge in [-0.1, -0.05) is 30.3 Å². The molecule has 3 heteroatoms. The van der Waals surface area contributed by atoms with Crippen molar-refractivity contribution in [3.05, 3.63) is 35.9 Å². The quantitative estimate of drug-likeness (QED) is 0.740. The number of benzene rings is 1. The second kappa shape index (κ2) is 4.78. The van der Waals surface area contributed by atoms with Crippen molar-refractivity contribution in [3.63, 3.8) is 0 Å². The Morgan fingerprint density at radius 1 is 1.06 bits per heavy atom. The number of hydrogen-bond donors (Lipinski definition) is 0. The van der Waals surface area contributed by atoms with Gasteiger partial charge in [-0.2, -0.15) is 0 Å². The number of amidine groups is 1. The Morgan fingerprint density at radius 3 is 2.59 bits per heavy atom. The summed E-state index contributed by atoms with van der Waals surface area (Å²) in [6.07, 6.45) is 3.98. The molecule has 90 valence electrons. The third-order valence-corrected chi connectivity index (χ3v) is 3.44. The van der Waals surface area contributed by atoms with E-state index in [0.717, 1.165) is 25.7 Å². The van der Waals surface area contributed by atoms with Crippen LogP contribution in [0.4, 0.5) is 0 Å². The van der Waals surface area contributed by atoms with Crippen LogP contribution in [0.2, 0.25) is 0 Å². The third kappa shape index (κ3) is 2.28. The number of aliphatic imine (C=N–C) groups is 1. The van der Waals surface area contributed by atoms with Crippen LogP contribution in [0.5, 0.6) is 0 Å². The lowest BCUT2D eigenvalue weighted by atomic mass is 10.1. The number of piperidine rings is 1. The summed E-state index contributed by atoms with van der Waals surface area (Å²) < 4.78 is 5.96. The molecule has 3 rings (SSSR count). The number of nitrogens with zero attached hydrogens (tertiary/aromatic N) is 2. The van der Waals surface area contributed by atoms with Gasteiger partial charge in [-0.25, -0.2) is 4.99 Å². The van der Waals surface area contributed by atoms with Crippen LogP contribution in [0.3, 0.4) is 0 Å². The Bertz CT molecular complexity index is 396. The molecule has 1 atom stereocenters. The van der Waals surface area contributed by atoms with E-state index in [0.29, 0.717) is 0 Å². The molecule has 1 aromatic rings. The molecule has 1 saturated heterocycles. The van der Waals surface area contributed by atoms with Crippen LogP contribution in [-0.2, 0) is 4.74 Å². The minimum absolute atomic E-state index is 0.119. The first kappa shape index (κ1) is 10.6. The van der Waals surface area contributed by atoms with Gasteiger partial charge in [0.05, 0.1) is 6.54 Å². The fourth-order valence-corrected chi connectivity index (χ4v) is 2.46. The zero-order valence-corrected chi connectivity index (χ0v) is 10.0. The van der Waals surface area contributed by atoms with Gasteiger partial charge >= 0.3 is 0 Å². The zero-order valence-electron chi connectivity index (χ0n) is 10.0. The summed E-state index contributed by atoms with van der Waals surface area (Å²) in [4.78, 5) is 6.82. The summed E-state index contributed by atoms with van der Waals surface area (Å²) in [6.45, 7) is 2.95. The van der Waals surface area contributed by atoms with Crippen molar-refractivity contribution < 1.29 is 4.74 Å². The van der Waals surface area contributed by atoms with Crippen LogP contribution < -0.4 is 0 Å². The van der Waals surface area contributed by atoms with Crippen LogP contribution in [0.1, 0.15) is 30.9 Å². The Kier molecular flexibility index (Phi) is 2.99. The molecule has 0 spiro atoms. The molecule has 2 heterocycles. The SMILES string of the molecule is c1ccc(C2CN=C(N3CCCCC3)O2)cc1. The average Bonchev–Trinajstić information content (AvgIpc) is 2.90. The van der Waals surface area contributed by atoms with Gasteiger partial charge in [-0.05, 0) is 24.8 Å². The largest absolute Gasteiger partial charge is 0.455 e. The summed E-state index contributed by atoms with van der Waals surface area (Å²) in [6, 6.07) is 11.2. The molecule has 0 aliphatic carbocycles. The highest BCUT2D eigenvalue weighted by atomic mass is 16.5. The molecule has 0 radical (unpaired) electrons. The van der Waals surface area contributed by atoms with Crippen LogP contribution in [0.25, 0.3) is 0 Å². The smallest absolute Gasteiger partial charge is 0.288 e. The topological polar surface area (TPSA) is 24.8 Å². The fourth-order valence-electron chi connectivity index (χ4n) is 2.46. The minimum Gasteiger partial charge on any atom is -0.455 e.